The molecule has 1 atom stereocenters. The number of likely N-dealkylation sites (N-methyl/N-ethyl adjacent to an activating group) is 1. The minimum Gasteiger partial charge on any atom is -0.357 e. The van der Waals surface area contributed by atoms with E-state index in [4.69, 9.17) is 16.6 Å². The van der Waals surface area contributed by atoms with Crippen molar-refractivity contribution in [1.82, 2.24) is 25.4 Å². The summed E-state index contributed by atoms with van der Waals surface area (Å²) in [5.41, 5.74) is 1.17. The lowest BCUT2D eigenvalue weighted by atomic mass is 10.2. The molecule has 2 N–H and O–H groups in total. The normalized spacial score (nSPS) is 17.3. The number of nitrogens with one attached hydrogen (secondary N) is 2. The molecule has 1 unspecified atom stereocenters. The summed E-state index contributed by atoms with van der Waals surface area (Å²) in [6, 6.07) is 4.31. The van der Waals surface area contributed by atoms with Crippen molar-refractivity contribution in [3.8, 4) is 0 Å². The number of aliphatic imine (C=N–C) groups is 1. The number of guanidine groups is 1. The van der Waals surface area contributed by atoms with Crippen molar-refractivity contribution in [2.24, 2.45) is 4.99 Å². The first kappa shape index (κ1) is 24.4. The molecule has 1 aromatic heterocycles. The standard InChI is InChI=1S/C19H33ClN6.HI/c1-4-21-19(22-9-8-17-6-7-18(20)23-15-17)24-14-16(3)26-12-10-25(5-2)11-13-26;/h6-7,15-16H,4-5,8-14H2,1-3H3,(H2,21,22,24);1H. The first-order valence-corrected chi connectivity index (χ1v) is 10.1. The highest BCUT2D eigenvalue weighted by Crippen LogP contribution is 2.07. The van der Waals surface area contributed by atoms with Gasteiger partial charge in [-0.05, 0) is 38.4 Å². The van der Waals surface area contributed by atoms with Gasteiger partial charge >= 0.3 is 0 Å². The lowest BCUT2D eigenvalue weighted by Gasteiger charge is -2.37. The third-order valence-electron chi connectivity index (χ3n) is 4.83. The summed E-state index contributed by atoms with van der Waals surface area (Å²) in [5.74, 6) is 0.883. The molecule has 1 aromatic rings. The fraction of sp³-hybridized carbons (Fsp3) is 0.684. The number of rotatable bonds is 8. The molecule has 6 nitrogen and oxygen atoms in total. The molecule has 0 radical (unpaired) electrons. The van der Waals surface area contributed by atoms with Gasteiger partial charge in [-0.15, -0.1) is 24.0 Å². The summed E-state index contributed by atoms with van der Waals surface area (Å²) in [7, 11) is 0. The number of hydrogen-bond donors (Lipinski definition) is 2. The highest BCUT2D eigenvalue weighted by Gasteiger charge is 2.19. The number of hydrogen-bond acceptors (Lipinski definition) is 4. The summed E-state index contributed by atoms with van der Waals surface area (Å²) in [6.45, 7) is 14.8. The Morgan fingerprint density at radius 3 is 2.56 bits per heavy atom. The summed E-state index contributed by atoms with van der Waals surface area (Å²) in [6.07, 6.45) is 2.72. The van der Waals surface area contributed by atoms with Gasteiger partial charge in [0, 0.05) is 51.5 Å². The van der Waals surface area contributed by atoms with Crippen molar-refractivity contribution < 1.29 is 0 Å². The van der Waals surface area contributed by atoms with Gasteiger partial charge in [0.2, 0.25) is 0 Å². The first-order chi connectivity index (χ1) is 12.6. The molecule has 2 heterocycles. The summed E-state index contributed by atoms with van der Waals surface area (Å²) in [4.78, 5) is 13.9. The Morgan fingerprint density at radius 1 is 1.22 bits per heavy atom. The number of pyridine rings is 1. The molecule has 0 aromatic carbocycles. The minimum absolute atomic E-state index is 0. The van der Waals surface area contributed by atoms with Crippen LogP contribution in [0.3, 0.4) is 0 Å². The van der Waals surface area contributed by atoms with Gasteiger partial charge in [-0.25, -0.2) is 4.98 Å². The fourth-order valence-corrected chi connectivity index (χ4v) is 3.19. The number of aromatic nitrogens is 1. The second-order valence-electron chi connectivity index (χ2n) is 6.70. The van der Waals surface area contributed by atoms with E-state index in [1.54, 1.807) is 0 Å². The van der Waals surface area contributed by atoms with Crippen LogP contribution < -0.4 is 10.6 Å². The van der Waals surface area contributed by atoms with Crippen LogP contribution in [0, 0.1) is 0 Å². The molecule has 0 spiro atoms. The van der Waals surface area contributed by atoms with Gasteiger partial charge in [0.15, 0.2) is 5.96 Å². The Kier molecular flexibility index (Phi) is 12.2. The van der Waals surface area contributed by atoms with Crippen molar-refractivity contribution in [2.45, 2.75) is 33.2 Å². The van der Waals surface area contributed by atoms with Crippen molar-refractivity contribution in [3.63, 3.8) is 0 Å². The van der Waals surface area contributed by atoms with Crippen LogP contribution in [-0.4, -0.2) is 79.1 Å². The number of nitrogens with zero attached hydrogens (tertiary/aromatic N) is 4. The molecule has 1 aliphatic rings. The van der Waals surface area contributed by atoms with Gasteiger partial charge < -0.3 is 15.5 Å². The second kappa shape index (κ2) is 13.5. The number of piperazine rings is 1. The van der Waals surface area contributed by atoms with E-state index in [2.05, 4.69) is 46.2 Å². The van der Waals surface area contributed by atoms with Crippen LogP contribution in [0.5, 0.6) is 0 Å². The average molecular weight is 509 g/mol. The van der Waals surface area contributed by atoms with E-state index < -0.39 is 0 Å². The second-order valence-corrected chi connectivity index (χ2v) is 7.09. The monoisotopic (exact) mass is 508 g/mol. The lowest BCUT2D eigenvalue weighted by Crippen LogP contribution is -2.50. The van der Waals surface area contributed by atoms with Crippen LogP contribution in [0.15, 0.2) is 23.3 Å². The van der Waals surface area contributed by atoms with Gasteiger partial charge in [-0.2, -0.15) is 0 Å². The molecule has 27 heavy (non-hydrogen) atoms. The Hall–Kier alpha value is -0.640. The van der Waals surface area contributed by atoms with E-state index in [0.717, 1.165) is 64.7 Å². The SMILES string of the molecule is CCNC(=NCC(C)N1CCN(CC)CC1)NCCc1ccc(Cl)nc1.I. The van der Waals surface area contributed by atoms with Crippen LogP contribution in [0.4, 0.5) is 0 Å². The third-order valence-corrected chi connectivity index (χ3v) is 5.05. The largest absolute Gasteiger partial charge is 0.357 e. The Labute approximate surface area is 186 Å². The van der Waals surface area contributed by atoms with E-state index in [9.17, 15) is 0 Å². The zero-order valence-electron chi connectivity index (χ0n) is 16.7. The van der Waals surface area contributed by atoms with E-state index in [1.807, 2.05) is 18.3 Å². The maximum Gasteiger partial charge on any atom is 0.191 e. The van der Waals surface area contributed by atoms with E-state index in [0.29, 0.717) is 11.2 Å². The van der Waals surface area contributed by atoms with Crippen molar-refractivity contribution in [3.05, 3.63) is 29.0 Å². The van der Waals surface area contributed by atoms with Gasteiger partial charge in [0.1, 0.15) is 5.15 Å². The molecule has 0 amide bonds. The Bertz CT molecular complexity index is 546. The van der Waals surface area contributed by atoms with Gasteiger partial charge in [0.25, 0.3) is 0 Å². The van der Waals surface area contributed by atoms with Crippen LogP contribution >= 0.6 is 35.6 Å². The summed E-state index contributed by atoms with van der Waals surface area (Å²) >= 11 is 5.83. The Morgan fingerprint density at radius 2 is 1.96 bits per heavy atom. The quantitative estimate of drug-likeness (QED) is 0.245. The zero-order valence-corrected chi connectivity index (χ0v) is 19.8. The maximum absolute atomic E-state index is 5.83. The highest BCUT2D eigenvalue weighted by molar-refractivity contribution is 14.0. The summed E-state index contributed by atoms with van der Waals surface area (Å²) in [5, 5.41) is 7.27. The van der Waals surface area contributed by atoms with Crippen molar-refractivity contribution in [1.29, 1.82) is 0 Å². The molecule has 1 aliphatic heterocycles. The topological polar surface area (TPSA) is 55.8 Å². The molecular formula is C19H34ClIN6. The molecule has 0 saturated carbocycles. The molecule has 0 aliphatic carbocycles. The van der Waals surface area contributed by atoms with Crippen LogP contribution in [-0.2, 0) is 6.42 Å². The Balaban J connectivity index is 0.00000364. The predicted octanol–water partition coefficient (Wildman–Crippen LogP) is 2.48. The molecule has 1 saturated heterocycles. The average Bonchev–Trinajstić information content (AvgIpc) is 2.67. The van der Waals surface area contributed by atoms with Crippen LogP contribution in [0.2, 0.25) is 5.15 Å². The fourth-order valence-electron chi connectivity index (χ4n) is 3.08. The molecular weight excluding hydrogens is 475 g/mol. The van der Waals surface area contributed by atoms with Crippen LogP contribution in [0.1, 0.15) is 26.3 Å². The van der Waals surface area contributed by atoms with Crippen LogP contribution in [0.25, 0.3) is 0 Å². The summed E-state index contributed by atoms with van der Waals surface area (Å²) < 4.78 is 0. The van der Waals surface area contributed by atoms with Crippen molar-refractivity contribution in [2.75, 3.05) is 52.4 Å². The smallest absolute Gasteiger partial charge is 0.191 e. The third kappa shape index (κ3) is 8.93. The molecule has 0 bridgehead atoms. The van der Waals surface area contributed by atoms with Gasteiger partial charge in [-0.1, -0.05) is 24.6 Å². The van der Waals surface area contributed by atoms with Crippen molar-refractivity contribution >= 4 is 41.5 Å². The van der Waals surface area contributed by atoms with E-state index in [-0.39, 0.29) is 24.0 Å². The molecule has 2 rings (SSSR count). The molecule has 154 valence electrons. The predicted molar refractivity (Wildman–Crippen MR) is 125 cm³/mol. The van der Waals surface area contributed by atoms with E-state index >= 15 is 0 Å². The first-order valence-electron chi connectivity index (χ1n) is 9.71. The lowest BCUT2D eigenvalue weighted by molar-refractivity contribution is 0.109. The van der Waals surface area contributed by atoms with Gasteiger partial charge in [-0.3, -0.25) is 9.89 Å². The highest BCUT2D eigenvalue weighted by atomic mass is 127. The maximum atomic E-state index is 5.83. The molecule has 1 fully saturated rings. The molecule has 8 heteroatoms. The number of halogens is 2. The zero-order chi connectivity index (χ0) is 18.8. The van der Waals surface area contributed by atoms with Gasteiger partial charge in [0.05, 0.1) is 6.54 Å². The van der Waals surface area contributed by atoms with E-state index in [1.165, 1.54) is 5.56 Å². The minimum atomic E-state index is 0.